The minimum absolute atomic E-state index is 0.0356. The highest BCUT2D eigenvalue weighted by atomic mass is 19.4. The van der Waals surface area contributed by atoms with Crippen LogP contribution in [0.5, 0.6) is 5.88 Å². The first-order chi connectivity index (χ1) is 11.5. The van der Waals surface area contributed by atoms with Crippen LogP contribution in [-0.4, -0.2) is 36.0 Å². The molecule has 0 aliphatic heterocycles. The van der Waals surface area contributed by atoms with E-state index in [2.05, 4.69) is 20.4 Å². The maximum absolute atomic E-state index is 12.3. The SMILES string of the molecule is O=C(NCc1ccnc(OCC(F)(F)F)c1)NC1CC(C(F)(F)F)C1. The van der Waals surface area contributed by atoms with E-state index in [1.807, 2.05) is 0 Å². The predicted octanol–water partition coefficient (Wildman–Crippen LogP) is 3.16. The molecule has 0 atom stereocenters. The highest BCUT2D eigenvalue weighted by molar-refractivity contribution is 5.74. The average Bonchev–Trinajstić information content (AvgIpc) is 2.45. The zero-order valence-electron chi connectivity index (χ0n) is 12.7. The van der Waals surface area contributed by atoms with Crippen molar-refractivity contribution >= 4 is 6.03 Å². The topological polar surface area (TPSA) is 63.2 Å². The number of pyridine rings is 1. The normalized spacial score (nSPS) is 20.6. The minimum atomic E-state index is -4.49. The molecule has 0 bridgehead atoms. The number of urea groups is 1. The fourth-order valence-corrected chi connectivity index (χ4v) is 2.22. The van der Waals surface area contributed by atoms with E-state index in [9.17, 15) is 31.1 Å². The van der Waals surface area contributed by atoms with Crippen LogP contribution >= 0.6 is 0 Å². The van der Waals surface area contributed by atoms with Gasteiger partial charge in [0.1, 0.15) is 0 Å². The summed E-state index contributed by atoms with van der Waals surface area (Å²) in [6.07, 6.45) is -7.85. The van der Waals surface area contributed by atoms with Crippen LogP contribution in [-0.2, 0) is 6.54 Å². The van der Waals surface area contributed by atoms with Gasteiger partial charge in [0.15, 0.2) is 6.61 Å². The molecule has 0 radical (unpaired) electrons. The Morgan fingerprint density at radius 1 is 1.24 bits per heavy atom. The fraction of sp³-hybridized carbons (Fsp3) is 0.571. The Morgan fingerprint density at radius 2 is 1.92 bits per heavy atom. The Bertz CT molecular complexity index is 599. The van der Waals surface area contributed by atoms with Crippen LogP contribution in [0.15, 0.2) is 18.3 Å². The summed E-state index contributed by atoms with van der Waals surface area (Å²) in [7, 11) is 0. The van der Waals surface area contributed by atoms with Crippen molar-refractivity contribution in [3.05, 3.63) is 23.9 Å². The third-order valence-corrected chi connectivity index (χ3v) is 3.57. The molecule has 2 rings (SSSR count). The summed E-state index contributed by atoms with van der Waals surface area (Å²) in [6, 6.07) is 1.49. The van der Waals surface area contributed by atoms with E-state index in [0.717, 1.165) is 0 Å². The predicted molar refractivity (Wildman–Crippen MR) is 73.7 cm³/mol. The highest BCUT2D eigenvalue weighted by Crippen LogP contribution is 2.40. The molecule has 25 heavy (non-hydrogen) atoms. The molecule has 11 heteroatoms. The molecule has 2 amide bonds. The van der Waals surface area contributed by atoms with Gasteiger partial charge in [0.2, 0.25) is 5.88 Å². The number of nitrogens with one attached hydrogen (secondary N) is 2. The Labute approximate surface area is 138 Å². The maximum Gasteiger partial charge on any atom is 0.422 e. The van der Waals surface area contributed by atoms with E-state index < -0.39 is 37.0 Å². The summed E-state index contributed by atoms with van der Waals surface area (Å²) in [4.78, 5) is 15.2. The molecule has 1 fully saturated rings. The van der Waals surface area contributed by atoms with E-state index >= 15 is 0 Å². The van der Waals surface area contributed by atoms with E-state index in [4.69, 9.17) is 0 Å². The van der Waals surface area contributed by atoms with Crippen molar-refractivity contribution in [2.45, 2.75) is 37.8 Å². The Balaban J connectivity index is 1.73. The number of ether oxygens (including phenoxy) is 1. The summed E-state index contributed by atoms with van der Waals surface area (Å²) in [5.41, 5.74) is 0.434. The summed E-state index contributed by atoms with van der Waals surface area (Å²) in [5.74, 6) is -1.64. The third kappa shape index (κ3) is 6.31. The van der Waals surface area contributed by atoms with Crippen LogP contribution in [0.2, 0.25) is 0 Å². The van der Waals surface area contributed by atoms with Crippen LogP contribution in [0.1, 0.15) is 18.4 Å². The summed E-state index contributed by atoms with van der Waals surface area (Å²) in [5, 5.41) is 4.82. The van der Waals surface area contributed by atoms with Gasteiger partial charge in [-0.25, -0.2) is 9.78 Å². The van der Waals surface area contributed by atoms with Crippen LogP contribution in [0.25, 0.3) is 0 Å². The highest BCUT2D eigenvalue weighted by Gasteiger charge is 2.48. The van der Waals surface area contributed by atoms with Crippen molar-refractivity contribution in [3.63, 3.8) is 0 Å². The first-order valence-corrected chi connectivity index (χ1v) is 7.28. The quantitative estimate of drug-likeness (QED) is 0.782. The number of halogens is 6. The van der Waals surface area contributed by atoms with E-state index in [1.165, 1.54) is 18.3 Å². The second kappa shape index (κ2) is 7.36. The number of amides is 2. The smallest absolute Gasteiger partial charge is 0.422 e. The van der Waals surface area contributed by atoms with Gasteiger partial charge in [-0.2, -0.15) is 26.3 Å². The zero-order valence-corrected chi connectivity index (χ0v) is 12.7. The first-order valence-electron chi connectivity index (χ1n) is 7.28. The lowest BCUT2D eigenvalue weighted by molar-refractivity contribution is -0.198. The van der Waals surface area contributed by atoms with Gasteiger partial charge in [0.25, 0.3) is 0 Å². The van der Waals surface area contributed by atoms with Crippen LogP contribution in [0, 0.1) is 5.92 Å². The average molecular weight is 371 g/mol. The van der Waals surface area contributed by atoms with Gasteiger partial charge in [-0.05, 0) is 24.5 Å². The summed E-state index contributed by atoms with van der Waals surface area (Å²) in [6.45, 7) is -1.52. The van der Waals surface area contributed by atoms with Gasteiger partial charge >= 0.3 is 18.4 Å². The molecule has 0 aromatic carbocycles. The molecule has 0 unspecified atom stereocenters. The number of aromatic nitrogens is 1. The van der Waals surface area contributed by atoms with Crippen molar-refractivity contribution in [3.8, 4) is 5.88 Å². The van der Waals surface area contributed by atoms with Gasteiger partial charge < -0.3 is 15.4 Å². The molecule has 140 valence electrons. The molecule has 1 aromatic rings. The van der Waals surface area contributed by atoms with Crippen LogP contribution in [0.4, 0.5) is 31.1 Å². The number of hydrogen-bond acceptors (Lipinski definition) is 3. The van der Waals surface area contributed by atoms with E-state index in [1.54, 1.807) is 0 Å². The minimum Gasteiger partial charge on any atom is -0.468 e. The maximum atomic E-state index is 12.3. The molecule has 2 N–H and O–H groups in total. The molecular formula is C14H15F6N3O2. The molecular weight excluding hydrogens is 356 g/mol. The molecule has 5 nitrogen and oxygen atoms in total. The van der Waals surface area contributed by atoms with Gasteiger partial charge in [-0.15, -0.1) is 0 Å². The molecule has 1 heterocycles. The lowest BCUT2D eigenvalue weighted by atomic mass is 9.80. The third-order valence-electron chi connectivity index (χ3n) is 3.57. The van der Waals surface area contributed by atoms with Crippen LogP contribution < -0.4 is 15.4 Å². The van der Waals surface area contributed by atoms with Crippen molar-refractivity contribution in [2.75, 3.05) is 6.61 Å². The van der Waals surface area contributed by atoms with Crippen LogP contribution in [0.3, 0.4) is 0 Å². The Kier molecular flexibility index (Phi) is 5.63. The number of carbonyl (C=O) groups is 1. The van der Waals surface area contributed by atoms with E-state index in [-0.39, 0.29) is 25.3 Å². The zero-order chi connectivity index (χ0) is 18.7. The largest absolute Gasteiger partial charge is 0.468 e. The van der Waals surface area contributed by atoms with E-state index in [0.29, 0.717) is 5.56 Å². The van der Waals surface area contributed by atoms with Gasteiger partial charge in [0, 0.05) is 24.8 Å². The molecule has 1 saturated carbocycles. The fourth-order valence-electron chi connectivity index (χ4n) is 2.22. The molecule has 1 aliphatic rings. The second-order valence-electron chi connectivity index (χ2n) is 5.64. The summed E-state index contributed by atoms with van der Waals surface area (Å²) >= 11 is 0. The lowest BCUT2D eigenvalue weighted by Gasteiger charge is -2.36. The lowest BCUT2D eigenvalue weighted by Crippen LogP contribution is -2.51. The van der Waals surface area contributed by atoms with Gasteiger partial charge in [0.05, 0.1) is 5.92 Å². The number of hydrogen-bond donors (Lipinski definition) is 2. The standard InChI is InChI=1S/C14H15F6N3O2/c15-13(16,17)7-25-11-3-8(1-2-21-11)6-22-12(24)23-10-4-9(5-10)14(18,19)20/h1-3,9-10H,4-7H2,(H2,22,23,24). The van der Waals surface area contributed by atoms with Crippen molar-refractivity contribution in [2.24, 2.45) is 5.92 Å². The Morgan fingerprint density at radius 3 is 2.52 bits per heavy atom. The first kappa shape index (κ1) is 19.1. The number of carbonyl (C=O) groups excluding carboxylic acids is 1. The molecule has 0 spiro atoms. The van der Waals surface area contributed by atoms with Crippen molar-refractivity contribution in [1.82, 2.24) is 15.6 Å². The number of nitrogens with zero attached hydrogens (tertiary/aromatic N) is 1. The summed E-state index contributed by atoms with van der Waals surface area (Å²) < 4.78 is 77.7. The second-order valence-corrected chi connectivity index (χ2v) is 5.64. The monoisotopic (exact) mass is 371 g/mol. The number of rotatable bonds is 5. The van der Waals surface area contributed by atoms with Gasteiger partial charge in [-0.1, -0.05) is 0 Å². The van der Waals surface area contributed by atoms with Gasteiger partial charge in [-0.3, -0.25) is 0 Å². The molecule has 1 aliphatic carbocycles. The Hall–Kier alpha value is -2.20. The van der Waals surface area contributed by atoms with Crippen molar-refractivity contribution in [1.29, 1.82) is 0 Å². The van der Waals surface area contributed by atoms with Crippen molar-refractivity contribution < 1.29 is 35.9 Å². The molecule has 0 saturated heterocycles. The number of alkyl halides is 6. The molecule has 1 aromatic heterocycles.